The molecule has 0 bridgehead atoms. The number of benzene rings is 1. The van der Waals surface area contributed by atoms with Crippen LogP contribution in [0.5, 0.6) is 0 Å². The summed E-state index contributed by atoms with van der Waals surface area (Å²) in [5.74, 6) is 0. The van der Waals surface area contributed by atoms with E-state index < -0.39 is 0 Å². The number of para-hydroxylation sites is 1. The number of hydrogen-bond donors (Lipinski definition) is 1. The van der Waals surface area contributed by atoms with E-state index in [1.165, 1.54) is 22.9 Å². The van der Waals surface area contributed by atoms with Crippen LogP contribution in [0.15, 0.2) is 30.5 Å². The molecule has 0 aliphatic carbocycles. The van der Waals surface area contributed by atoms with Gasteiger partial charge in [-0.25, -0.2) is 0 Å². The molecule has 0 amide bonds. The minimum Gasteiger partial charge on any atom is -0.347 e. The lowest BCUT2D eigenvalue weighted by molar-refractivity contribution is 0.626. The third kappa shape index (κ3) is 2.12. The van der Waals surface area contributed by atoms with Gasteiger partial charge >= 0.3 is 0 Å². The summed E-state index contributed by atoms with van der Waals surface area (Å²) in [5.41, 5.74) is 2.87. The third-order valence-corrected chi connectivity index (χ3v) is 3.08. The second kappa shape index (κ2) is 5.17. The van der Waals surface area contributed by atoms with E-state index in [0.717, 1.165) is 19.5 Å². The Morgan fingerprint density at radius 1 is 1.25 bits per heavy atom. The molecule has 0 fully saturated rings. The molecule has 1 aromatic carbocycles. The number of aromatic nitrogens is 1. The lowest BCUT2D eigenvalue weighted by atomic mass is 10.1. The molecule has 1 aromatic heterocycles. The molecule has 0 radical (unpaired) electrons. The van der Waals surface area contributed by atoms with Crippen LogP contribution < -0.4 is 5.32 Å². The lowest BCUT2D eigenvalue weighted by Gasteiger charge is -2.08. The molecule has 0 saturated carbocycles. The van der Waals surface area contributed by atoms with Crippen molar-refractivity contribution < 1.29 is 0 Å². The molecule has 2 rings (SSSR count). The molecule has 0 saturated heterocycles. The highest BCUT2D eigenvalue weighted by Gasteiger charge is 2.04. The Hall–Kier alpha value is -1.28. The van der Waals surface area contributed by atoms with Gasteiger partial charge in [0.1, 0.15) is 0 Å². The van der Waals surface area contributed by atoms with Gasteiger partial charge < -0.3 is 9.88 Å². The van der Waals surface area contributed by atoms with Crippen LogP contribution in [-0.4, -0.2) is 18.2 Å². The summed E-state index contributed by atoms with van der Waals surface area (Å²) in [7, 11) is 2.01. The Morgan fingerprint density at radius 3 is 2.88 bits per heavy atom. The number of fused-ring (bicyclic) bond motifs is 1. The molecule has 86 valence electrons. The quantitative estimate of drug-likeness (QED) is 0.760. The summed E-state index contributed by atoms with van der Waals surface area (Å²) in [6.45, 7) is 4.40. The largest absolute Gasteiger partial charge is 0.347 e. The zero-order valence-corrected chi connectivity index (χ0v) is 10.2. The first-order valence-corrected chi connectivity index (χ1v) is 6.08. The van der Waals surface area contributed by atoms with E-state index in [4.69, 9.17) is 0 Å². The fourth-order valence-corrected chi connectivity index (χ4v) is 2.24. The van der Waals surface area contributed by atoms with Crippen LogP contribution in [0.2, 0.25) is 0 Å². The Balaban J connectivity index is 2.30. The van der Waals surface area contributed by atoms with Gasteiger partial charge in [0.15, 0.2) is 0 Å². The van der Waals surface area contributed by atoms with Crippen LogP contribution >= 0.6 is 0 Å². The fraction of sp³-hybridized carbons (Fsp3) is 0.429. The van der Waals surface area contributed by atoms with Crippen molar-refractivity contribution >= 4 is 10.9 Å². The smallest absolute Gasteiger partial charge is 0.0512 e. The molecule has 0 aliphatic heterocycles. The average Bonchev–Trinajstić information content (AvgIpc) is 2.73. The Labute approximate surface area is 97.3 Å². The highest BCUT2D eigenvalue weighted by molar-refractivity contribution is 5.83. The number of nitrogens with zero attached hydrogens (tertiary/aromatic N) is 1. The van der Waals surface area contributed by atoms with Crippen molar-refractivity contribution in [2.75, 3.05) is 13.6 Å². The third-order valence-electron chi connectivity index (χ3n) is 3.08. The van der Waals surface area contributed by atoms with E-state index in [9.17, 15) is 0 Å². The Morgan fingerprint density at radius 2 is 2.12 bits per heavy atom. The molecular formula is C14H20N2. The fourth-order valence-electron chi connectivity index (χ4n) is 2.24. The molecule has 0 unspecified atom stereocenters. The van der Waals surface area contributed by atoms with E-state index in [2.05, 4.69) is 47.3 Å². The highest BCUT2D eigenvalue weighted by atomic mass is 15.0. The number of rotatable bonds is 5. The average molecular weight is 216 g/mol. The van der Waals surface area contributed by atoms with Crippen LogP contribution in [0.3, 0.4) is 0 Å². The second-order valence-corrected chi connectivity index (χ2v) is 4.17. The SMILES string of the molecule is CCc1cccc2ccn(CCCNC)c12. The summed E-state index contributed by atoms with van der Waals surface area (Å²) >= 11 is 0. The van der Waals surface area contributed by atoms with Gasteiger partial charge in [-0.2, -0.15) is 0 Å². The van der Waals surface area contributed by atoms with E-state index >= 15 is 0 Å². The number of nitrogens with one attached hydrogen (secondary N) is 1. The predicted octanol–water partition coefficient (Wildman–Crippen LogP) is 2.81. The van der Waals surface area contributed by atoms with Gasteiger partial charge in [0.2, 0.25) is 0 Å². The summed E-state index contributed by atoms with van der Waals surface area (Å²) < 4.78 is 2.38. The van der Waals surface area contributed by atoms with Crippen molar-refractivity contribution in [2.24, 2.45) is 0 Å². The maximum atomic E-state index is 3.19. The van der Waals surface area contributed by atoms with Crippen molar-refractivity contribution in [3.63, 3.8) is 0 Å². The van der Waals surface area contributed by atoms with Crippen LogP contribution in [-0.2, 0) is 13.0 Å². The first-order chi connectivity index (χ1) is 7.86. The molecule has 2 heteroatoms. The normalized spacial score (nSPS) is 11.1. The predicted molar refractivity (Wildman–Crippen MR) is 69.9 cm³/mol. The van der Waals surface area contributed by atoms with Gasteiger partial charge in [0, 0.05) is 12.7 Å². The standard InChI is InChI=1S/C14H20N2/c1-3-12-6-4-7-13-8-11-16(14(12)13)10-5-9-15-2/h4,6-8,11,15H,3,5,9-10H2,1-2H3. The van der Waals surface area contributed by atoms with Crippen LogP contribution in [0, 0.1) is 0 Å². The summed E-state index contributed by atoms with van der Waals surface area (Å²) in [6, 6.07) is 8.80. The van der Waals surface area contributed by atoms with Crippen LogP contribution in [0.25, 0.3) is 10.9 Å². The van der Waals surface area contributed by atoms with Crippen molar-refractivity contribution in [3.05, 3.63) is 36.0 Å². The minimum absolute atomic E-state index is 1.08. The Bertz CT molecular complexity index is 457. The van der Waals surface area contributed by atoms with E-state index in [-0.39, 0.29) is 0 Å². The zero-order valence-electron chi connectivity index (χ0n) is 10.2. The molecule has 0 aliphatic rings. The molecule has 0 atom stereocenters. The molecule has 1 heterocycles. The molecule has 2 aromatic rings. The summed E-state index contributed by atoms with van der Waals surface area (Å²) in [5, 5.41) is 4.56. The van der Waals surface area contributed by atoms with E-state index in [0.29, 0.717) is 0 Å². The van der Waals surface area contributed by atoms with Crippen molar-refractivity contribution in [2.45, 2.75) is 26.3 Å². The monoisotopic (exact) mass is 216 g/mol. The van der Waals surface area contributed by atoms with Gasteiger partial charge in [-0.3, -0.25) is 0 Å². The van der Waals surface area contributed by atoms with Gasteiger partial charge in [0.05, 0.1) is 5.52 Å². The summed E-state index contributed by atoms with van der Waals surface area (Å²) in [6.07, 6.45) is 4.49. The topological polar surface area (TPSA) is 17.0 Å². The maximum Gasteiger partial charge on any atom is 0.0512 e. The molecule has 0 spiro atoms. The molecule has 1 N–H and O–H groups in total. The van der Waals surface area contributed by atoms with Gasteiger partial charge in [0.25, 0.3) is 0 Å². The second-order valence-electron chi connectivity index (χ2n) is 4.17. The maximum absolute atomic E-state index is 3.19. The van der Waals surface area contributed by atoms with Crippen molar-refractivity contribution in [3.8, 4) is 0 Å². The summed E-state index contributed by atoms with van der Waals surface area (Å²) in [4.78, 5) is 0. The lowest BCUT2D eigenvalue weighted by Crippen LogP contribution is -2.10. The number of aryl methyl sites for hydroxylation is 2. The van der Waals surface area contributed by atoms with Gasteiger partial charge in [-0.1, -0.05) is 25.1 Å². The first kappa shape index (κ1) is 11.2. The Kier molecular flexibility index (Phi) is 3.62. The van der Waals surface area contributed by atoms with Gasteiger partial charge in [-0.05, 0) is 43.5 Å². The van der Waals surface area contributed by atoms with Gasteiger partial charge in [-0.15, -0.1) is 0 Å². The molecule has 2 nitrogen and oxygen atoms in total. The number of hydrogen-bond acceptors (Lipinski definition) is 1. The molecular weight excluding hydrogens is 196 g/mol. The minimum atomic E-state index is 1.08. The zero-order chi connectivity index (χ0) is 11.4. The van der Waals surface area contributed by atoms with Crippen LogP contribution in [0.1, 0.15) is 18.9 Å². The highest BCUT2D eigenvalue weighted by Crippen LogP contribution is 2.21. The van der Waals surface area contributed by atoms with Crippen LogP contribution in [0.4, 0.5) is 0 Å². The van der Waals surface area contributed by atoms with Crippen molar-refractivity contribution in [1.82, 2.24) is 9.88 Å². The van der Waals surface area contributed by atoms with Crippen molar-refractivity contribution in [1.29, 1.82) is 0 Å². The molecule has 16 heavy (non-hydrogen) atoms. The van der Waals surface area contributed by atoms with E-state index in [1.54, 1.807) is 0 Å². The first-order valence-electron chi connectivity index (χ1n) is 6.08. The van der Waals surface area contributed by atoms with E-state index in [1.807, 2.05) is 7.05 Å².